The van der Waals surface area contributed by atoms with E-state index in [1.165, 1.54) is 10.9 Å². The van der Waals surface area contributed by atoms with Crippen molar-refractivity contribution in [3.8, 4) is 11.9 Å². The van der Waals surface area contributed by atoms with Gasteiger partial charge in [0.25, 0.3) is 0 Å². The highest BCUT2D eigenvalue weighted by atomic mass is 32.2. The molecule has 2 heterocycles. The van der Waals surface area contributed by atoms with E-state index in [2.05, 4.69) is 26.8 Å². The Morgan fingerprint density at radius 1 is 1.29 bits per heavy atom. The number of rotatable bonds is 7. The van der Waals surface area contributed by atoms with Gasteiger partial charge < -0.3 is 15.4 Å². The van der Waals surface area contributed by atoms with Crippen molar-refractivity contribution in [2.75, 3.05) is 17.3 Å². The molecule has 2 N–H and O–H groups in total. The molecule has 3 aromatic rings. The molecule has 2 aromatic heterocycles. The van der Waals surface area contributed by atoms with E-state index in [-0.39, 0.29) is 11.4 Å². The number of nitrogens with zero attached hydrogens (tertiary/aromatic N) is 4. The van der Waals surface area contributed by atoms with Gasteiger partial charge in [0.05, 0.1) is 11.7 Å². The van der Waals surface area contributed by atoms with Gasteiger partial charge >= 0.3 is 6.09 Å². The minimum Gasteiger partial charge on any atom is -0.444 e. The molecule has 0 spiro atoms. The van der Waals surface area contributed by atoms with Crippen LogP contribution in [0.1, 0.15) is 38.3 Å². The summed E-state index contributed by atoms with van der Waals surface area (Å²) < 4.78 is 6.73. The molecule has 0 saturated heterocycles. The molecule has 0 fully saturated rings. The zero-order chi connectivity index (χ0) is 24.9. The first kappa shape index (κ1) is 25.1. The Bertz CT molecular complexity index is 1240. The summed E-state index contributed by atoms with van der Waals surface area (Å²) in [7, 11) is 0. The van der Waals surface area contributed by atoms with Gasteiger partial charge in [0.2, 0.25) is 5.91 Å². The summed E-state index contributed by atoms with van der Waals surface area (Å²) in [5.74, 6) is 0.822. The summed E-state index contributed by atoms with van der Waals surface area (Å²) >= 11 is 1.55. The molecular formula is C24H28N6O3S. The summed E-state index contributed by atoms with van der Waals surface area (Å²) in [6.45, 7) is 7.21. The van der Waals surface area contributed by atoms with Gasteiger partial charge in [0, 0.05) is 5.39 Å². The van der Waals surface area contributed by atoms with Gasteiger partial charge in [-0.05, 0) is 63.8 Å². The Balaban J connectivity index is 1.92. The number of fused-ring (bicyclic) bond motifs is 1. The maximum absolute atomic E-state index is 13.2. The largest absolute Gasteiger partial charge is 0.444 e. The summed E-state index contributed by atoms with van der Waals surface area (Å²) in [6.07, 6.45) is 2.99. The highest BCUT2D eigenvalue weighted by molar-refractivity contribution is 7.98. The van der Waals surface area contributed by atoms with Gasteiger partial charge in [-0.25, -0.2) is 9.78 Å². The fourth-order valence-corrected chi connectivity index (χ4v) is 3.79. The van der Waals surface area contributed by atoms with Crippen LogP contribution in [0.4, 0.5) is 10.6 Å². The number of benzene rings is 1. The Hall–Kier alpha value is -3.58. The standard InChI is InChI=1S/C24H28N6O3S/c1-15-12-20(27-18-9-7-6-8-17(15)18)30-21(16(13-25)14-26-30)29-22(31)19(10-11-34-5)28-23(32)33-24(2,3)4/h6-9,12,14,19H,10-11H2,1-5H3,(H,28,32)(H,29,31). The first-order chi connectivity index (χ1) is 16.1. The summed E-state index contributed by atoms with van der Waals surface area (Å²) in [5, 5.41) is 20.3. The van der Waals surface area contributed by atoms with E-state index in [1.807, 2.05) is 43.5 Å². The number of hydrogen-bond donors (Lipinski definition) is 2. The number of ether oxygens (including phenoxy) is 1. The molecule has 0 aliphatic rings. The fourth-order valence-electron chi connectivity index (χ4n) is 3.32. The quantitative estimate of drug-likeness (QED) is 0.520. The number of anilines is 1. The minimum atomic E-state index is -0.858. The zero-order valence-corrected chi connectivity index (χ0v) is 20.7. The van der Waals surface area contributed by atoms with Gasteiger partial charge in [0.1, 0.15) is 23.3 Å². The number of carbonyl (C=O) groups is 2. The smallest absolute Gasteiger partial charge is 0.408 e. The minimum absolute atomic E-state index is 0.182. The average molecular weight is 481 g/mol. The molecular weight excluding hydrogens is 452 g/mol. The van der Waals surface area contributed by atoms with Crippen molar-refractivity contribution in [2.24, 2.45) is 0 Å². The highest BCUT2D eigenvalue weighted by Crippen LogP contribution is 2.24. The molecule has 0 saturated carbocycles. The molecule has 0 bridgehead atoms. The van der Waals surface area contributed by atoms with E-state index in [0.717, 1.165) is 16.5 Å². The monoisotopic (exact) mass is 480 g/mol. The van der Waals surface area contributed by atoms with E-state index in [1.54, 1.807) is 32.5 Å². The number of hydrogen-bond acceptors (Lipinski definition) is 7. The average Bonchev–Trinajstić information content (AvgIpc) is 3.17. The summed E-state index contributed by atoms with van der Waals surface area (Å²) in [4.78, 5) is 30.2. The number of amides is 2. The molecule has 2 amide bonds. The topological polar surface area (TPSA) is 122 Å². The molecule has 9 nitrogen and oxygen atoms in total. The highest BCUT2D eigenvalue weighted by Gasteiger charge is 2.26. The molecule has 0 radical (unpaired) electrons. The van der Waals surface area contributed by atoms with Gasteiger partial charge in [-0.2, -0.15) is 26.8 Å². The van der Waals surface area contributed by atoms with Gasteiger partial charge in [-0.15, -0.1) is 0 Å². The van der Waals surface area contributed by atoms with Crippen molar-refractivity contribution in [3.05, 3.63) is 47.7 Å². The van der Waals surface area contributed by atoms with Crippen molar-refractivity contribution in [3.63, 3.8) is 0 Å². The van der Waals surface area contributed by atoms with E-state index in [9.17, 15) is 14.9 Å². The zero-order valence-electron chi connectivity index (χ0n) is 19.9. The second kappa shape index (κ2) is 10.6. The molecule has 1 unspecified atom stereocenters. The van der Waals surface area contributed by atoms with Crippen molar-refractivity contribution >= 4 is 40.5 Å². The van der Waals surface area contributed by atoms with Gasteiger partial charge in [-0.3, -0.25) is 4.79 Å². The number of pyridine rings is 1. The summed E-state index contributed by atoms with van der Waals surface area (Å²) in [6, 6.07) is 10.7. The molecule has 178 valence electrons. The lowest BCUT2D eigenvalue weighted by atomic mass is 10.1. The third-order valence-electron chi connectivity index (χ3n) is 4.88. The SMILES string of the molecule is CSCCC(NC(=O)OC(C)(C)C)C(=O)Nc1c(C#N)cnn1-c1cc(C)c2ccccc2n1. The molecule has 10 heteroatoms. The number of aryl methyl sites for hydroxylation is 1. The fraction of sp³-hybridized carbons (Fsp3) is 0.375. The second-order valence-electron chi connectivity index (χ2n) is 8.71. The lowest BCUT2D eigenvalue weighted by molar-refractivity contribution is -0.118. The Labute approximate surface area is 202 Å². The summed E-state index contributed by atoms with van der Waals surface area (Å²) in [5.41, 5.74) is 1.24. The molecule has 34 heavy (non-hydrogen) atoms. The van der Waals surface area contributed by atoms with Gasteiger partial charge in [0.15, 0.2) is 11.6 Å². The molecule has 0 aliphatic heterocycles. The Morgan fingerprint density at radius 2 is 2.03 bits per heavy atom. The van der Waals surface area contributed by atoms with E-state index >= 15 is 0 Å². The van der Waals surface area contributed by atoms with Crippen LogP contribution in [0.5, 0.6) is 0 Å². The first-order valence-corrected chi connectivity index (χ1v) is 12.2. The molecule has 1 atom stereocenters. The number of para-hydroxylation sites is 1. The number of thioether (sulfide) groups is 1. The van der Waals surface area contributed by atoms with Crippen LogP contribution in [-0.2, 0) is 9.53 Å². The maximum atomic E-state index is 13.2. The number of carbonyl (C=O) groups excluding carboxylic acids is 2. The van der Waals surface area contributed by atoms with Crippen LogP contribution in [0.15, 0.2) is 36.5 Å². The van der Waals surface area contributed by atoms with Crippen LogP contribution in [0.3, 0.4) is 0 Å². The van der Waals surface area contributed by atoms with Crippen LogP contribution in [0.2, 0.25) is 0 Å². The van der Waals surface area contributed by atoms with Crippen molar-refractivity contribution < 1.29 is 14.3 Å². The first-order valence-electron chi connectivity index (χ1n) is 10.8. The van der Waals surface area contributed by atoms with Crippen LogP contribution >= 0.6 is 11.8 Å². The second-order valence-corrected chi connectivity index (χ2v) is 9.70. The number of nitriles is 1. The van der Waals surface area contributed by atoms with Crippen molar-refractivity contribution in [1.82, 2.24) is 20.1 Å². The van der Waals surface area contributed by atoms with Crippen LogP contribution in [0.25, 0.3) is 16.7 Å². The van der Waals surface area contributed by atoms with E-state index in [4.69, 9.17) is 4.74 Å². The predicted octanol–water partition coefficient (Wildman–Crippen LogP) is 4.19. The number of alkyl carbamates (subject to hydrolysis) is 1. The van der Waals surface area contributed by atoms with Crippen molar-refractivity contribution in [2.45, 2.75) is 45.8 Å². The Kier molecular flexibility index (Phi) is 7.79. The van der Waals surface area contributed by atoms with Crippen LogP contribution < -0.4 is 10.6 Å². The lowest BCUT2D eigenvalue weighted by Gasteiger charge is -2.23. The molecule has 1 aromatic carbocycles. The molecule has 0 aliphatic carbocycles. The third-order valence-corrected chi connectivity index (χ3v) is 5.52. The van der Waals surface area contributed by atoms with Crippen molar-refractivity contribution in [1.29, 1.82) is 5.26 Å². The van der Waals surface area contributed by atoms with Gasteiger partial charge in [-0.1, -0.05) is 18.2 Å². The normalized spacial score (nSPS) is 12.1. The maximum Gasteiger partial charge on any atom is 0.408 e. The third kappa shape index (κ3) is 6.05. The van der Waals surface area contributed by atoms with E-state index in [0.29, 0.717) is 18.0 Å². The number of aromatic nitrogens is 3. The van der Waals surface area contributed by atoms with Crippen LogP contribution in [0, 0.1) is 18.3 Å². The molecule has 3 rings (SSSR count). The predicted molar refractivity (Wildman–Crippen MR) is 133 cm³/mol. The van der Waals surface area contributed by atoms with Crippen LogP contribution in [-0.4, -0.2) is 50.4 Å². The Morgan fingerprint density at radius 3 is 2.71 bits per heavy atom. The van der Waals surface area contributed by atoms with E-state index < -0.39 is 23.6 Å². The lowest BCUT2D eigenvalue weighted by Crippen LogP contribution is -2.46. The number of nitrogens with one attached hydrogen (secondary N) is 2.